The molecule has 4 heteroatoms. The van der Waals surface area contributed by atoms with Crippen LogP contribution >= 0.6 is 11.8 Å². The minimum atomic E-state index is -0.200. The highest BCUT2D eigenvalue weighted by atomic mass is 32.2. The van der Waals surface area contributed by atoms with E-state index in [4.69, 9.17) is 5.73 Å². The van der Waals surface area contributed by atoms with Gasteiger partial charge in [0, 0.05) is 17.3 Å². The van der Waals surface area contributed by atoms with Crippen LogP contribution < -0.4 is 11.1 Å². The van der Waals surface area contributed by atoms with Crippen molar-refractivity contribution in [1.82, 2.24) is 5.32 Å². The van der Waals surface area contributed by atoms with Gasteiger partial charge in [-0.1, -0.05) is 13.8 Å². The number of amides is 1. The first kappa shape index (κ1) is 14.8. The summed E-state index contributed by atoms with van der Waals surface area (Å²) in [4.78, 5) is 11.5. The second-order valence-electron chi connectivity index (χ2n) is 5.08. The van der Waals surface area contributed by atoms with Crippen molar-refractivity contribution >= 4 is 17.7 Å². The van der Waals surface area contributed by atoms with Crippen molar-refractivity contribution in [3.05, 3.63) is 0 Å². The molecule has 1 atom stereocenters. The van der Waals surface area contributed by atoms with Crippen LogP contribution in [0.3, 0.4) is 0 Å². The summed E-state index contributed by atoms with van der Waals surface area (Å²) in [5, 5.41) is 2.96. The van der Waals surface area contributed by atoms with E-state index in [2.05, 4.69) is 19.2 Å². The van der Waals surface area contributed by atoms with E-state index in [1.54, 1.807) is 11.8 Å². The Morgan fingerprint density at radius 3 is 2.33 bits per heavy atom. The second kappa shape index (κ2) is 6.38. The lowest BCUT2D eigenvalue weighted by Crippen LogP contribution is -2.38. The molecule has 1 unspecified atom stereocenters. The van der Waals surface area contributed by atoms with Gasteiger partial charge in [-0.05, 0) is 26.7 Å². The Morgan fingerprint density at radius 2 is 1.93 bits per heavy atom. The van der Waals surface area contributed by atoms with Gasteiger partial charge in [0.2, 0.25) is 5.91 Å². The molecule has 0 spiro atoms. The largest absolute Gasteiger partial charge is 0.353 e. The van der Waals surface area contributed by atoms with Gasteiger partial charge >= 0.3 is 0 Å². The number of hydrogen-bond acceptors (Lipinski definition) is 3. The van der Waals surface area contributed by atoms with E-state index in [0.29, 0.717) is 11.7 Å². The molecule has 0 saturated carbocycles. The van der Waals surface area contributed by atoms with E-state index < -0.39 is 0 Å². The zero-order chi connectivity index (χ0) is 12.1. The summed E-state index contributed by atoms with van der Waals surface area (Å²) in [7, 11) is 0. The molecule has 0 fully saturated rings. The number of hydrogen-bond donors (Lipinski definition) is 2. The fourth-order valence-corrected chi connectivity index (χ4v) is 1.77. The fourth-order valence-electron chi connectivity index (χ4n) is 0.869. The number of nitrogens with two attached hydrogens (primary N) is 1. The van der Waals surface area contributed by atoms with Gasteiger partial charge in [0.25, 0.3) is 0 Å². The van der Waals surface area contributed by atoms with Crippen molar-refractivity contribution in [2.75, 3.05) is 11.5 Å². The van der Waals surface area contributed by atoms with Gasteiger partial charge in [0.1, 0.15) is 0 Å². The molecular weight excluding hydrogens is 208 g/mol. The van der Waals surface area contributed by atoms with Gasteiger partial charge in [0.05, 0.1) is 5.75 Å². The third kappa shape index (κ3) is 8.75. The average molecular weight is 232 g/mol. The molecule has 0 aromatic heterocycles. The van der Waals surface area contributed by atoms with Crippen molar-refractivity contribution in [2.45, 2.75) is 46.2 Å². The van der Waals surface area contributed by atoms with Gasteiger partial charge < -0.3 is 11.1 Å². The van der Waals surface area contributed by atoms with Crippen molar-refractivity contribution < 1.29 is 4.79 Å². The zero-order valence-corrected chi connectivity index (χ0v) is 11.3. The summed E-state index contributed by atoms with van der Waals surface area (Å²) in [5.74, 6) is 1.88. The molecule has 0 radical (unpaired) electrons. The highest BCUT2D eigenvalue weighted by Crippen LogP contribution is 2.09. The van der Waals surface area contributed by atoms with Crippen LogP contribution in [0.15, 0.2) is 0 Å². The molecule has 3 N–H and O–H groups in total. The Balaban J connectivity index is 3.67. The van der Waals surface area contributed by atoms with Gasteiger partial charge in [-0.25, -0.2) is 0 Å². The van der Waals surface area contributed by atoms with E-state index in [9.17, 15) is 4.79 Å². The Hall–Kier alpha value is -0.220. The molecule has 0 aromatic carbocycles. The maximum absolute atomic E-state index is 11.5. The van der Waals surface area contributed by atoms with Crippen molar-refractivity contribution in [2.24, 2.45) is 11.7 Å². The Kier molecular flexibility index (Phi) is 6.29. The number of thioether (sulfide) groups is 1. The van der Waals surface area contributed by atoms with Crippen LogP contribution in [0.4, 0.5) is 0 Å². The van der Waals surface area contributed by atoms with Crippen LogP contribution in [-0.4, -0.2) is 29.0 Å². The quantitative estimate of drug-likeness (QED) is 0.731. The lowest BCUT2D eigenvalue weighted by Gasteiger charge is -2.19. The normalized spacial score (nSPS) is 14.1. The first-order chi connectivity index (χ1) is 6.72. The van der Waals surface area contributed by atoms with Crippen LogP contribution in [0.25, 0.3) is 0 Å². The Bertz CT molecular complexity index is 199. The van der Waals surface area contributed by atoms with E-state index in [1.165, 1.54) is 0 Å². The van der Waals surface area contributed by atoms with Crippen LogP contribution in [0, 0.1) is 5.92 Å². The monoisotopic (exact) mass is 232 g/mol. The van der Waals surface area contributed by atoms with Crippen molar-refractivity contribution in [3.8, 4) is 0 Å². The minimum Gasteiger partial charge on any atom is -0.353 e. The molecule has 1 amide bonds. The highest BCUT2D eigenvalue weighted by molar-refractivity contribution is 8.00. The summed E-state index contributed by atoms with van der Waals surface area (Å²) in [6, 6.07) is 0.240. The van der Waals surface area contributed by atoms with Crippen LogP contribution in [-0.2, 0) is 4.79 Å². The van der Waals surface area contributed by atoms with E-state index >= 15 is 0 Å². The molecular formula is C11H24N2OS. The molecule has 15 heavy (non-hydrogen) atoms. The van der Waals surface area contributed by atoms with Crippen LogP contribution in [0.1, 0.15) is 34.6 Å². The van der Waals surface area contributed by atoms with Gasteiger partial charge in [0.15, 0.2) is 0 Å². The SMILES string of the molecule is CC(C)C(C)NC(=O)CSCC(C)(C)N. The van der Waals surface area contributed by atoms with E-state index in [0.717, 1.165) is 5.75 Å². The number of rotatable bonds is 6. The minimum absolute atomic E-state index is 0.102. The number of carbonyl (C=O) groups is 1. The summed E-state index contributed by atoms with van der Waals surface area (Å²) in [6.45, 7) is 10.2. The predicted octanol–water partition coefficient (Wildman–Crippen LogP) is 1.62. The van der Waals surface area contributed by atoms with Crippen molar-refractivity contribution in [1.29, 1.82) is 0 Å². The van der Waals surface area contributed by atoms with Crippen molar-refractivity contribution in [3.63, 3.8) is 0 Å². The van der Waals surface area contributed by atoms with Gasteiger partial charge in [-0.3, -0.25) is 4.79 Å². The van der Waals surface area contributed by atoms with E-state index in [1.807, 2.05) is 20.8 Å². The summed E-state index contributed by atoms with van der Waals surface area (Å²) >= 11 is 1.58. The lowest BCUT2D eigenvalue weighted by atomic mass is 10.1. The molecule has 0 aliphatic rings. The summed E-state index contributed by atoms with van der Waals surface area (Å²) < 4.78 is 0. The third-order valence-electron chi connectivity index (χ3n) is 2.10. The lowest BCUT2D eigenvalue weighted by molar-refractivity contribution is -0.119. The first-order valence-corrected chi connectivity index (χ1v) is 6.54. The molecule has 90 valence electrons. The van der Waals surface area contributed by atoms with Crippen LogP contribution in [0.2, 0.25) is 0 Å². The Morgan fingerprint density at radius 1 is 1.40 bits per heavy atom. The molecule has 0 aliphatic carbocycles. The molecule has 0 rings (SSSR count). The zero-order valence-electron chi connectivity index (χ0n) is 10.5. The fraction of sp³-hybridized carbons (Fsp3) is 0.909. The second-order valence-corrected chi connectivity index (χ2v) is 6.07. The average Bonchev–Trinajstić information content (AvgIpc) is 2.01. The summed E-state index contributed by atoms with van der Waals surface area (Å²) in [6.07, 6.45) is 0. The molecule has 0 aromatic rings. The number of carbonyl (C=O) groups excluding carboxylic acids is 1. The molecule has 3 nitrogen and oxygen atoms in total. The maximum Gasteiger partial charge on any atom is 0.230 e. The molecule has 0 saturated heterocycles. The standard InChI is InChI=1S/C11H24N2OS/c1-8(2)9(3)13-10(14)6-15-7-11(4,5)12/h8-9H,6-7,12H2,1-5H3,(H,13,14). The Labute approximate surface area is 97.6 Å². The number of nitrogens with one attached hydrogen (secondary N) is 1. The third-order valence-corrected chi connectivity index (χ3v) is 3.51. The van der Waals surface area contributed by atoms with Gasteiger partial charge in [-0.2, -0.15) is 11.8 Å². The molecule has 0 heterocycles. The molecule has 0 aliphatic heterocycles. The van der Waals surface area contributed by atoms with Gasteiger partial charge in [-0.15, -0.1) is 0 Å². The predicted molar refractivity (Wildman–Crippen MR) is 68.0 cm³/mol. The first-order valence-electron chi connectivity index (χ1n) is 5.38. The van der Waals surface area contributed by atoms with E-state index in [-0.39, 0.29) is 17.5 Å². The highest BCUT2D eigenvalue weighted by Gasteiger charge is 2.13. The smallest absolute Gasteiger partial charge is 0.230 e. The summed E-state index contributed by atoms with van der Waals surface area (Å²) in [5.41, 5.74) is 5.62. The van der Waals surface area contributed by atoms with Crippen LogP contribution in [0.5, 0.6) is 0 Å². The molecule has 0 bridgehead atoms. The topological polar surface area (TPSA) is 55.1 Å². The maximum atomic E-state index is 11.5.